The Morgan fingerprint density at radius 1 is 1.04 bits per heavy atom. The molecule has 1 aromatic heterocycles. The predicted molar refractivity (Wildman–Crippen MR) is 98.3 cm³/mol. The summed E-state index contributed by atoms with van der Waals surface area (Å²) in [4.78, 5) is 1.23. The average molecular weight is 357 g/mol. The van der Waals surface area contributed by atoms with Crippen molar-refractivity contribution in [2.45, 2.75) is 26.7 Å². The first-order chi connectivity index (χ1) is 12.0. The summed E-state index contributed by atoms with van der Waals surface area (Å²) in [6.45, 7) is 4.15. The Kier molecular flexibility index (Phi) is 5.40. The van der Waals surface area contributed by atoms with Crippen molar-refractivity contribution in [1.29, 1.82) is 0 Å². The minimum atomic E-state index is -0.209. The number of quaternary nitrogens is 1. The van der Waals surface area contributed by atoms with Crippen molar-refractivity contribution in [1.82, 2.24) is 14.3 Å². The van der Waals surface area contributed by atoms with Gasteiger partial charge in [0.25, 0.3) is 0 Å². The van der Waals surface area contributed by atoms with Gasteiger partial charge in [-0.1, -0.05) is 42.5 Å². The molecule has 130 valence electrons. The van der Waals surface area contributed by atoms with Gasteiger partial charge in [-0.2, -0.15) is 9.78 Å². The Balaban J connectivity index is 1.71. The summed E-state index contributed by atoms with van der Waals surface area (Å²) >= 11 is 5.61. The highest BCUT2D eigenvalue weighted by Crippen LogP contribution is 2.07. The van der Waals surface area contributed by atoms with Crippen LogP contribution < -0.4 is 4.90 Å². The number of hydrogen-bond acceptors (Lipinski definition) is 2. The number of aryl methyl sites for hydroxylation is 1. The lowest BCUT2D eigenvalue weighted by Crippen LogP contribution is -3.07. The zero-order valence-corrected chi connectivity index (χ0v) is 15.3. The number of nitrogens with one attached hydrogen (secondary N) is 1. The van der Waals surface area contributed by atoms with Crippen molar-refractivity contribution in [2.24, 2.45) is 0 Å². The summed E-state index contributed by atoms with van der Waals surface area (Å²) in [5.41, 5.74) is 2.29. The van der Waals surface area contributed by atoms with Crippen LogP contribution in [0.4, 0.5) is 4.39 Å². The van der Waals surface area contributed by atoms with Gasteiger partial charge in [0, 0.05) is 5.56 Å². The van der Waals surface area contributed by atoms with Crippen LogP contribution in [0.2, 0.25) is 0 Å². The molecule has 0 aliphatic carbocycles. The molecule has 0 fully saturated rings. The largest absolute Gasteiger partial charge is 0.315 e. The van der Waals surface area contributed by atoms with Gasteiger partial charge >= 0.3 is 0 Å². The van der Waals surface area contributed by atoms with E-state index >= 15 is 0 Å². The van der Waals surface area contributed by atoms with Gasteiger partial charge in [-0.25, -0.2) is 4.39 Å². The van der Waals surface area contributed by atoms with Gasteiger partial charge < -0.3 is 4.90 Å². The summed E-state index contributed by atoms with van der Waals surface area (Å²) in [5.74, 6) is 0.697. The number of rotatable bonds is 6. The first kappa shape index (κ1) is 17.5. The topological polar surface area (TPSA) is 27.2 Å². The third-order valence-corrected chi connectivity index (χ3v) is 4.56. The lowest BCUT2D eigenvalue weighted by atomic mass is 10.2. The molecular formula is C19H22FN4S+. The van der Waals surface area contributed by atoms with E-state index in [2.05, 4.69) is 28.8 Å². The Hall–Kier alpha value is -2.31. The average Bonchev–Trinajstić information content (AvgIpc) is 2.85. The molecule has 25 heavy (non-hydrogen) atoms. The molecule has 1 unspecified atom stereocenters. The normalized spacial score (nSPS) is 12.3. The second kappa shape index (κ2) is 7.72. The highest BCUT2D eigenvalue weighted by atomic mass is 32.1. The first-order valence-corrected chi connectivity index (χ1v) is 8.67. The Morgan fingerprint density at radius 2 is 1.72 bits per heavy atom. The van der Waals surface area contributed by atoms with E-state index < -0.39 is 0 Å². The van der Waals surface area contributed by atoms with E-state index in [9.17, 15) is 4.39 Å². The number of halogens is 1. The summed E-state index contributed by atoms with van der Waals surface area (Å²) in [7, 11) is 2.08. The molecule has 0 bridgehead atoms. The van der Waals surface area contributed by atoms with Crippen LogP contribution in [0.5, 0.6) is 0 Å². The quantitative estimate of drug-likeness (QED) is 0.687. The van der Waals surface area contributed by atoms with E-state index in [1.165, 1.54) is 22.6 Å². The molecule has 6 heteroatoms. The summed E-state index contributed by atoms with van der Waals surface area (Å²) < 4.78 is 17.7. The summed E-state index contributed by atoms with van der Waals surface area (Å²) in [5, 5.41) is 4.60. The van der Waals surface area contributed by atoms with Crippen LogP contribution in [-0.4, -0.2) is 21.4 Å². The van der Waals surface area contributed by atoms with Crippen LogP contribution in [0.25, 0.3) is 0 Å². The first-order valence-electron chi connectivity index (χ1n) is 8.27. The third-order valence-electron chi connectivity index (χ3n) is 4.13. The molecule has 0 radical (unpaired) electrons. The Labute approximate surface area is 152 Å². The van der Waals surface area contributed by atoms with Gasteiger partial charge in [-0.3, -0.25) is 4.57 Å². The molecule has 0 aliphatic heterocycles. The van der Waals surface area contributed by atoms with E-state index in [0.29, 0.717) is 6.67 Å². The Bertz CT molecular complexity index is 884. The van der Waals surface area contributed by atoms with Gasteiger partial charge in [0.2, 0.25) is 4.77 Å². The van der Waals surface area contributed by atoms with E-state index in [1.54, 1.807) is 0 Å². The van der Waals surface area contributed by atoms with E-state index in [-0.39, 0.29) is 5.82 Å². The fourth-order valence-corrected chi connectivity index (χ4v) is 3.16. The van der Waals surface area contributed by atoms with E-state index in [4.69, 9.17) is 12.2 Å². The standard InChI is InChI=1S/C19H21FN4S/c1-15-21-24(14-22(2)12-17-8-10-18(20)11-9-17)19(25)23(15)13-16-6-4-3-5-7-16/h3-11H,12-14H2,1-2H3/p+1. The third kappa shape index (κ3) is 4.41. The maximum atomic E-state index is 13.0. The summed E-state index contributed by atoms with van der Waals surface area (Å²) in [6, 6.07) is 16.9. The van der Waals surface area contributed by atoms with E-state index in [0.717, 1.165) is 29.2 Å². The molecule has 1 N–H and O–H groups in total. The molecule has 0 spiro atoms. The molecule has 2 aromatic carbocycles. The van der Waals surface area contributed by atoms with Crippen LogP contribution in [0.15, 0.2) is 54.6 Å². The second-order valence-corrected chi connectivity index (χ2v) is 6.68. The van der Waals surface area contributed by atoms with Crippen molar-refractivity contribution >= 4 is 12.2 Å². The molecule has 0 saturated carbocycles. The molecule has 4 nitrogen and oxygen atoms in total. The maximum Gasteiger partial charge on any atom is 0.203 e. The number of benzene rings is 2. The van der Waals surface area contributed by atoms with Crippen LogP contribution >= 0.6 is 12.2 Å². The van der Waals surface area contributed by atoms with E-state index in [1.807, 2.05) is 41.9 Å². The second-order valence-electron chi connectivity index (χ2n) is 6.32. The predicted octanol–water partition coefficient (Wildman–Crippen LogP) is 2.58. The molecule has 1 heterocycles. The zero-order valence-electron chi connectivity index (χ0n) is 14.4. The maximum absolute atomic E-state index is 13.0. The van der Waals surface area contributed by atoms with Crippen LogP contribution in [-0.2, 0) is 19.8 Å². The molecule has 0 saturated heterocycles. The SMILES string of the molecule is Cc1nn(C[NH+](C)Cc2ccc(F)cc2)c(=S)n1Cc1ccccc1. The molecule has 0 aliphatic rings. The molecule has 3 rings (SSSR count). The van der Waals surface area contributed by atoms with Crippen molar-refractivity contribution in [3.63, 3.8) is 0 Å². The highest BCUT2D eigenvalue weighted by molar-refractivity contribution is 7.71. The molecule has 0 amide bonds. The van der Waals surface area contributed by atoms with Gasteiger partial charge in [-0.05, 0) is 36.8 Å². The fourth-order valence-electron chi connectivity index (χ4n) is 2.86. The number of aromatic nitrogens is 3. The lowest BCUT2D eigenvalue weighted by Gasteiger charge is -2.13. The molecule has 3 aromatic rings. The van der Waals surface area contributed by atoms with Crippen molar-refractivity contribution in [3.8, 4) is 0 Å². The van der Waals surface area contributed by atoms with Gasteiger partial charge in [-0.15, -0.1) is 0 Å². The van der Waals surface area contributed by atoms with Gasteiger partial charge in [0.15, 0.2) is 6.67 Å². The monoisotopic (exact) mass is 357 g/mol. The Morgan fingerprint density at radius 3 is 2.40 bits per heavy atom. The highest BCUT2D eigenvalue weighted by Gasteiger charge is 2.12. The molecular weight excluding hydrogens is 335 g/mol. The number of hydrogen-bond donors (Lipinski definition) is 1. The lowest BCUT2D eigenvalue weighted by molar-refractivity contribution is -0.917. The van der Waals surface area contributed by atoms with Crippen molar-refractivity contribution < 1.29 is 9.29 Å². The van der Waals surface area contributed by atoms with Crippen LogP contribution in [0, 0.1) is 17.5 Å². The van der Waals surface area contributed by atoms with Crippen LogP contribution in [0.1, 0.15) is 17.0 Å². The zero-order chi connectivity index (χ0) is 17.8. The minimum absolute atomic E-state index is 0.209. The van der Waals surface area contributed by atoms with Gasteiger partial charge in [0.1, 0.15) is 18.2 Å². The minimum Gasteiger partial charge on any atom is -0.315 e. The summed E-state index contributed by atoms with van der Waals surface area (Å²) in [6.07, 6.45) is 0. The smallest absolute Gasteiger partial charge is 0.203 e. The van der Waals surface area contributed by atoms with Gasteiger partial charge in [0.05, 0.1) is 13.6 Å². The molecule has 1 atom stereocenters. The van der Waals surface area contributed by atoms with Crippen molar-refractivity contribution in [2.75, 3.05) is 7.05 Å². The fraction of sp³-hybridized carbons (Fsp3) is 0.263. The number of nitrogens with zero attached hydrogens (tertiary/aromatic N) is 3. The van der Waals surface area contributed by atoms with Crippen molar-refractivity contribution in [3.05, 3.63) is 82.1 Å². The van der Waals surface area contributed by atoms with Crippen LogP contribution in [0.3, 0.4) is 0 Å².